The van der Waals surface area contributed by atoms with Crippen LogP contribution >= 0.6 is 0 Å². The lowest BCUT2D eigenvalue weighted by Crippen LogP contribution is -1.99. The molecule has 0 heteroatoms. The molecule has 0 aromatic carbocycles. The van der Waals surface area contributed by atoms with Crippen LogP contribution in [-0.4, -0.2) is 0 Å². The van der Waals surface area contributed by atoms with E-state index in [1.807, 2.05) is 0 Å². The first-order valence-corrected chi connectivity index (χ1v) is 6.72. The van der Waals surface area contributed by atoms with E-state index in [0.717, 1.165) is 17.3 Å². The predicted octanol–water partition coefficient (Wildman–Crippen LogP) is 3.82. The van der Waals surface area contributed by atoms with Gasteiger partial charge in [0.1, 0.15) is 5.41 Å². The fourth-order valence-corrected chi connectivity index (χ4v) is 3.96. The first kappa shape index (κ1) is 8.07. The van der Waals surface area contributed by atoms with Gasteiger partial charge in [0.15, 0.2) is 0 Å². The third kappa shape index (κ3) is 1.15. The Labute approximate surface area is 87.5 Å². The molecule has 0 spiro atoms. The minimum absolute atomic E-state index is 0.850. The number of fused-ring (bicyclic) bond motifs is 1. The Kier molecular flexibility index (Phi) is 1.45. The molecule has 0 aromatic rings. The molecule has 0 bridgehead atoms. The summed E-state index contributed by atoms with van der Waals surface area (Å²) in [6.07, 6.45) is 15.1. The van der Waals surface area contributed by atoms with Crippen molar-refractivity contribution in [2.45, 2.75) is 51.4 Å². The van der Waals surface area contributed by atoms with Gasteiger partial charge in [-0.05, 0) is 18.3 Å². The summed E-state index contributed by atoms with van der Waals surface area (Å²) in [5.41, 5.74) is 0.850. The molecule has 4 saturated carbocycles. The third-order valence-corrected chi connectivity index (χ3v) is 5.56. The second kappa shape index (κ2) is 2.51. The summed E-state index contributed by atoms with van der Waals surface area (Å²) < 4.78 is 0. The van der Waals surface area contributed by atoms with Crippen LogP contribution in [-0.2, 0) is 0 Å². The topological polar surface area (TPSA) is 0 Å². The molecule has 4 aliphatic rings. The Bertz CT molecular complexity index is 243. The van der Waals surface area contributed by atoms with Crippen molar-refractivity contribution in [3.05, 3.63) is 6.42 Å². The van der Waals surface area contributed by atoms with E-state index < -0.39 is 0 Å². The van der Waals surface area contributed by atoms with Crippen LogP contribution in [0.2, 0.25) is 0 Å². The van der Waals surface area contributed by atoms with Gasteiger partial charge in [0.2, 0.25) is 0 Å². The summed E-state index contributed by atoms with van der Waals surface area (Å²) in [7, 11) is 0. The zero-order valence-corrected chi connectivity index (χ0v) is 9.04. The number of hydrogen-bond donors (Lipinski definition) is 0. The molecular formula is C14H21+. The first-order valence-electron chi connectivity index (χ1n) is 6.72. The van der Waals surface area contributed by atoms with Crippen LogP contribution in [0.4, 0.5) is 0 Å². The minimum atomic E-state index is 0.850. The lowest BCUT2D eigenvalue weighted by atomic mass is 9.97. The molecule has 2 unspecified atom stereocenters. The van der Waals surface area contributed by atoms with Gasteiger partial charge in [-0.2, -0.15) is 0 Å². The lowest BCUT2D eigenvalue weighted by Gasteiger charge is -2.05. The zero-order valence-electron chi connectivity index (χ0n) is 9.04. The quantitative estimate of drug-likeness (QED) is 0.590. The van der Waals surface area contributed by atoms with Gasteiger partial charge in [-0.3, -0.25) is 0 Å². The Morgan fingerprint density at radius 1 is 1.14 bits per heavy atom. The molecule has 4 aliphatic carbocycles. The van der Waals surface area contributed by atoms with Crippen molar-refractivity contribution >= 4 is 0 Å². The monoisotopic (exact) mass is 189 g/mol. The molecule has 0 aromatic heterocycles. The standard InChI is InChI=1S/C14H21/c1-2-4-10(3-1)13-7-11(13)5-6-14-8-12(14)9-14/h6,10-13H,1-5,7-9H2/q+1. The SMILES string of the molecule is [CH+](CC1CC1C1CCCC1)C12CC1C2. The zero-order chi connectivity index (χ0) is 9.17. The lowest BCUT2D eigenvalue weighted by molar-refractivity contribution is 0.443. The largest absolute Gasteiger partial charge is 0.112 e. The van der Waals surface area contributed by atoms with Crippen molar-refractivity contribution in [2.24, 2.45) is 29.1 Å². The van der Waals surface area contributed by atoms with Crippen LogP contribution in [0.3, 0.4) is 0 Å². The van der Waals surface area contributed by atoms with E-state index >= 15 is 0 Å². The molecule has 0 heterocycles. The molecular weight excluding hydrogens is 168 g/mol. The maximum atomic E-state index is 2.72. The molecule has 4 rings (SSSR count). The van der Waals surface area contributed by atoms with Gasteiger partial charge in [-0.15, -0.1) is 0 Å². The molecule has 0 aliphatic heterocycles. The van der Waals surface area contributed by atoms with E-state index in [0.29, 0.717) is 0 Å². The molecule has 0 saturated heterocycles. The summed E-state index contributed by atoms with van der Waals surface area (Å²) in [5.74, 6) is 4.63. The predicted molar refractivity (Wildman–Crippen MR) is 57.6 cm³/mol. The summed E-state index contributed by atoms with van der Waals surface area (Å²) in [6, 6.07) is 0. The summed E-state index contributed by atoms with van der Waals surface area (Å²) in [4.78, 5) is 0. The van der Waals surface area contributed by atoms with Gasteiger partial charge in [0.25, 0.3) is 0 Å². The van der Waals surface area contributed by atoms with Gasteiger partial charge in [-0.1, -0.05) is 25.7 Å². The molecule has 0 radical (unpaired) electrons. The first-order chi connectivity index (χ1) is 6.87. The average molecular weight is 189 g/mol. The Morgan fingerprint density at radius 2 is 1.86 bits per heavy atom. The van der Waals surface area contributed by atoms with Gasteiger partial charge in [0.05, 0.1) is 12.8 Å². The second-order valence-corrected chi connectivity index (χ2v) is 6.48. The number of rotatable bonds is 4. The van der Waals surface area contributed by atoms with E-state index in [2.05, 4.69) is 6.42 Å². The number of hydrogen-bond acceptors (Lipinski definition) is 0. The molecule has 4 fully saturated rings. The Morgan fingerprint density at radius 3 is 2.50 bits per heavy atom. The van der Waals surface area contributed by atoms with E-state index in [4.69, 9.17) is 0 Å². The minimum Gasteiger partial charge on any atom is -0.0530 e. The molecule has 14 heavy (non-hydrogen) atoms. The Hall–Kier alpha value is -0.130. The smallest absolute Gasteiger partial charge is 0.0530 e. The van der Waals surface area contributed by atoms with Gasteiger partial charge in [0, 0.05) is 24.7 Å². The maximum Gasteiger partial charge on any atom is 0.112 e. The van der Waals surface area contributed by atoms with Crippen molar-refractivity contribution in [3.63, 3.8) is 0 Å². The highest BCUT2D eigenvalue weighted by Gasteiger charge is 2.77. The van der Waals surface area contributed by atoms with Crippen LogP contribution in [0, 0.1) is 35.5 Å². The van der Waals surface area contributed by atoms with Crippen molar-refractivity contribution in [1.29, 1.82) is 0 Å². The second-order valence-electron chi connectivity index (χ2n) is 6.48. The highest BCUT2D eigenvalue weighted by Crippen LogP contribution is 2.77. The van der Waals surface area contributed by atoms with Gasteiger partial charge >= 0.3 is 0 Å². The Balaban J connectivity index is 1.25. The average Bonchev–Trinajstić information content (AvgIpc) is 3.05. The maximum absolute atomic E-state index is 2.72. The van der Waals surface area contributed by atoms with Crippen molar-refractivity contribution in [3.8, 4) is 0 Å². The summed E-state index contributed by atoms with van der Waals surface area (Å²) in [5, 5.41) is 0. The highest BCUT2D eigenvalue weighted by molar-refractivity contribution is 5.25. The van der Waals surface area contributed by atoms with E-state index in [-0.39, 0.29) is 0 Å². The molecule has 76 valence electrons. The van der Waals surface area contributed by atoms with Crippen molar-refractivity contribution in [2.75, 3.05) is 0 Å². The normalized spacial score (nSPS) is 54.1. The molecule has 2 atom stereocenters. The third-order valence-electron chi connectivity index (χ3n) is 5.56. The van der Waals surface area contributed by atoms with Crippen LogP contribution in [0.5, 0.6) is 0 Å². The van der Waals surface area contributed by atoms with Crippen LogP contribution in [0.25, 0.3) is 0 Å². The van der Waals surface area contributed by atoms with Crippen LogP contribution in [0.1, 0.15) is 51.4 Å². The summed E-state index contributed by atoms with van der Waals surface area (Å²) in [6.45, 7) is 0. The van der Waals surface area contributed by atoms with E-state index in [9.17, 15) is 0 Å². The molecule has 0 N–H and O–H groups in total. The highest BCUT2D eigenvalue weighted by atomic mass is 14.7. The molecule has 0 amide bonds. The van der Waals surface area contributed by atoms with Gasteiger partial charge < -0.3 is 0 Å². The van der Waals surface area contributed by atoms with E-state index in [1.165, 1.54) is 31.1 Å². The fraction of sp³-hybridized carbons (Fsp3) is 0.929. The summed E-state index contributed by atoms with van der Waals surface area (Å²) >= 11 is 0. The van der Waals surface area contributed by atoms with Crippen molar-refractivity contribution in [1.82, 2.24) is 0 Å². The van der Waals surface area contributed by atoms with Crippen LogP contribution < -0.4 is 0 Å². The molecule has 0 nitrogen and oxygen atoms in total. The van der Waals surface area contributed by atoms with Gasteiger partial charge in [-0.25, -0.2) is 0 Å². The van der Waals surface area contributed by atoms with Crippen LogP contribution in [0.15, 0.2) is 0 Å². The fourth-order valence-electron chi connectivity index (χ4n) is 3.96. The van der Waals surface area contributed by atoms with Crippen molar-refractivity contribution < 1.29 is 0 Å². The van der Waals surface area contributed by atoms with E-state index in [1.54, 1.807) is 32.1 Å².